The van der Waals surface area contributed by atoms with Crippen LogP contribution in [0, 0.1) is 13.8 Å². The second-order valence-corrected chi connectivity index (χ2v) is 9.57. The van der Waals surface area contributed by atoms with E-state index in [1.54, 1.807) is 16.2 Å². The van der Waals surface area contributed by atoms with Crippen LogP contribution in [0.15, 0.2) is 36.4 Å². The number of anilines is 1. The molecule has 5 nitrogen and oxygen atoms in total. The normalized spacial score (nSPS) is 11.5. The van der Waals surface area contributed by atoms with Gasteiger partial charge in [-0.15, -0.1) is 0 Å². The van der Waals surface area contributed by atoms with Crippen molar-refractivity contribution in [1.82, 2.24) is 9.88 Å². The van der Waals surface area contributed by atoms with Gasteiger partial charge in [-0.3, -0.25) is 9.69 Å². The highest BCUT2D eigenvalue weighted by atomic mass is 32.1. The van der Waals surface area contributed by atoms with Gasteiger partial charge in [-0.05, 0) is 75.6 Å². The van der Waals surface area contributed by atoms with Gasteiger partial charge in [-0.25, -0.2) is 4.98 Å². The first-order valence-corrected chi connectivity index (χ1v) is 11.6. The van der Waals surface area contributed by atoms with Crippen molar-refractivity contribution >= 4 is 32.6 Å². The van der Waals surface area contributed by atoms with Crippen LogP contribution in [0.25, 0.3) is 10.2 Å². The Hall–Kier alpha value is -2.44. The van der Waals surface area contributed by atoms with Crippen molar-refractivity contribution in [3.05, 3.63) is 53.1 Å². The quantitative estimate of drug-likeness (QED) is 0.448. The lowest BCUT2D eigenvalue weighted by Gasteiger charge is -2.21. The van der Waals surface area contributed by atoms with Crippen molar-refractivity contribution in [3.63, 3.8) is 0 Å². The average molecular weight is 440 g/mol. The third-order valence-corrected chi connectivity index (χ3v) is 6.57. The third-order valence-electron chi connectivity index (χ3n) is 5.36. The van der Waals surface area contributed by atoms with Crippen LogP contribution in [0.1, 0.15) is 42.9 Å². The Morgan fingerprint density at radius 3 is 2.32 bits per heavy atom. The smallest absolute Gasteiger partial charge is 0.266 e. The fraction of sp³-hybridized carbons (Fsp3) is 0.440. The predicted octanol–water partition coefficient (Wildman–Crippen LogP) is 5.40. The van der Waals surface area contributed by atoms with E-state index in [0.717, 1.165) is 33.9 Å². The minimum Gasteiger partial charge on any atom is -0.484 e. The third kappa shape index (κ3) is 5.83. The molecule has 0 fully saturated rings. The zero-order valence-corrected chi connectivity index (χ0v) is 20.3. The van der Waals surface area contributed by atoms with Crippen LogP contribution in [0.2, 0.25) is 0 Å². The van der Waals surface area contributed by atoms with E-state index in [-0.39, 0.29) is 12.5 Å². The SMILES string of the molecule is Cc1ccc(C)c2sc(N(CCCN(C)C)C(=O)COc3ccc(C(C)C)cc3)nc12. The van der Waals surface area contributed by atoms with Crippen LogP contribution in [-0.2, 0) is 4.79 Å². The molecule has 0 aliphatic rings. The van der Waals surface area contributed by atoms with Crippen molar-refractivity contribution in [2.75, 3.05) is 38.7 Å². The molecule has 0 saturated carbocycles. The largest absolute Gasteiger partial charge is 0.484 e. The summed E-state index contributed by atoms with van der Waals surface area (Å²) in [5, 5.41) is 0.745. The van der Waals surface area contributed by atoms with Gasteiger partial charge in [-0.1, -0.05) is 49.4 Å². The number of ether oxygens (including phenoxy) is 1. The Morgan fingerprint density at radius 1 is 1.03 bits per heavy atom. The van der Waals surface area contributed by atoms with Crippen LogP contribution in [-0.4, -0.2) is 49.6 Å². The lowest BCUT2D eigenvalue weighted by molar-refractivity contribution is -0.120. The van der Waals surface area contributed by atoms with Crippen LogP contribution in [0.5, 0.6) is 5.75 Å². The van der Waals surface area contributed by atoms with Gasteiger partial charge in [0.1, 0.15) is 5.75 Å². The summed E-state index contributed by atoms with van der Waals surface area (Å²) in [6.45, 7) is 9.99. The van der Waals surface area contributed by atoms with Crippen LogP contribution in [0.4, 0.5) is 5.13 Å². The highest BCUT2D eigenvalue weighted by Crippen LogP contribution is 2.33. The number of amides is 1. The zero-order valence-electron chi connectivity index (χ0n) is 19.4. The summed E-state index contributed by atoms with van der Waals surface area (Å²) in [4.78, 5) is 21.9. The molecule has 3 aromatic rings. The van der Waals surface area contributed by atoms with Crippen LogP contribution >= 0.6 is 11.3 Å². The number of hydrogen-bond donors (Lipinski definition) is 0. The number of nitrogens with zero attached hydrogens (tertiary/aromatic N) is 3. The lowest BCUT2D eigenvalue weighted by Crippen LogP contribution is -2.36. The summed E-state index contributed by atoms with van der Waals surface area (Å²) in [5.41, 5.74) is 4.55. The number of carbonyl (C=O) groups excluding carboxylic acids is 1. The number of hydrogen-bond acceptors (Lipinski definition) is 5. The lowest BCUT2D eigenvalue weighted by atomic mass is 10.0. The number of rotatable bonds is 9. The molecule has 0 aliphatic heterocycles. The number of benzene rings is 2. The maximum Gasteiger partial charge on any atom is 0.266 e. The van der Waals surface area contributed by atoms with Crippen molar-refractivity contribution in [2.45, 2.75) is 40.0 Å². The summed E-state index contributed by atoms with van der Waals surface area (Å²) >= 11 is 1.58. The molecule has 0 N–H and O–H groups in total. The summed E-state index contributed by atoms with van der Waals surface area (Å²) < 4.78 is 6.97. The Bertz CT molecular complexity index is 986. The molecular weight excluding hydrogens is 406 g/mol. The molecule has 166 valence electrons. The molecule has 2 aromatic carbocycles. The first-order valence-electron chi connectivity index (χ1n) is 10.8. The fourth-order valence-electron chi connectivity index (χ4n) is 3.41. The van der Waals surface area contributed by atoms with E-state index >= 15 is 0 Å². The van der Waals surface area contributed by atoms with Gasteiger partial charge < -0.3 is 9.64 Å². The molecule has 0 atom stereocenters. The maximum absolute atomic E-state index is 13.2. The summed E-state index contributed by atoms with van der Waals surface area (Å²) in [6.07, 6.45) is 0.871. The molecule has 0 spiro atoms. The molecule has 6 heteroatoms. The van der Waals surface area contributed by atoms with Gasteiger partial charge >= 0.3 is 0 Å². The van der Waals surface area contributed by atoms with Crippen molar-refractivity contribution in [3.8, 4) is 5.75 Å². The molecule has 0 saturated heterocycles. The summed E-state index contributed by atoms with van der Waals surface area (Å²) in [7, 11) is 4.08. The number of aromatic nitrogens is 1. The standard InChI is InChI=1S/C25H33N3O2S/c1-17(2)20-10-12-21(13-11-20)30-16-22(29)28(15-7-14-27(5)6)25-26-23-18(3)8-9-19(4)24(23)31-25/h8-13,17H,7,14-16H2,1-6H3. The first kappa shape index (κ1) is 23.2. The Labute approximate surface area is 189 Å². The van der Waals surface area contributed by atoms with Gasteiger partial charge in [0.25, 0.3) is 5.91 Å². The maximum atomic E-state index is 13.2. The molecule has 0 unspecified atom stereocenters. The Kier molecular flexibility index (Phi) is 7.68. The molecule has 31 heavy (non-hydrogen) atoms. The van der Waals surface area contributed by atoms with Crippen molar-refractivity contribution in [1.29, 1.82) is 0 Å². The highest BCUT2D eigenvalue weighted by Gasteiger charge is 2.21. The molecule has 1 heterocycles. The highest BCUT2D eigenvalue weighted by molar-refractivity contribution is 7.22. The summed E-state index contributed by atoms with van der Waals surface area (Å²) in [6, 6.07) is 12.2. The minimum absolute atomic E-state index is 0.00310. The first-order chi connectivity index (χ1) is 14.8. The van der Waals surface area contributed by atoms with Gasteiger partial charge in [0.05, 0.1) is 10.2 Å². The second-order valence-electron chi connectivity index (χ2n) is 8.59. The van der Waals surface area contributed by atoms with E-state index in [1.165, 1.54) is 11.1 Å². The van der Waals surface area contributed by atoms with Gasteiger partial charge in [-0.2, -0.15) is 0 Å². The summed E-state index contributed by atoms with van der Waals surface area (Å²) in [5.74, 6) is 1.11. The van der Waals surface area contributed by atoms with Gasteiger partial charge in [0.15, 0.2) is 11.7 Å². The molecule has 1 amide bonds. The van der Waals surface area contributed by atoms with E-state index in [9.17, 15) is 4.79 Å². The van der Waals surface area contributed by atoms with E-state index in [1.807, 2.05) is 26.2 Å². The number of thiazole rings is 1. The van der Waals surface area contributed by atoms with Crippen molar-refractivity contribution in [2.24, 2.45) is 0 Å². The topological polar surface area (TPSA) is 45.7 Å². The van der Waals surface area contributed by atoms with Gasteiger partial charge in [0, 0.05) is 6.54 Å². The molecule has 0 radical (unpaired) electrons. The monoisotopic (exact) mass is 439 g/mol. The Balaban J connectivity index is 1.78. The van der Waals surface area contributed by atoms with Crippen molar-refractivity contribution < 1.29 is 9.53 Å². The van der Waals surface area contributed by atoms with E-state index in [2.05, 4.69) is 56.9 Å². The molecular formula is C25H33N3O2S. The number of carbonyl (C=O) groups is 1. The Morgan fingerprint density at radius 2 is 1.71 bits per heavy atom. The fourth-order valence-corrected chi connectivity index (χ4v) is 4.56. The van der Waals surface area contributed by atoms with Gasteiger partial charge in [0.2, 0.25) is 0 Å². The van der Waals surface area contributed by atoms with E-state index in [4.69, 9.17) is 9.72 Å². The number of fused-ring (bicyclic) bond motifs is 1. The molecule has 1 aromatic heterocycles. The predicted molar refractivity (Wildman–Crippen MR) is 131 cm³/mol. The van der Waals surface area contributed by atoms with Crippen LogP contribution < -0.4 is 9.64 Å². The van der Waals surface area contributed by atoms with E-state index < -0.39 is 0 Å². The molecule has 3 rings (SSSR count). The minimum atomic E-state index is -0.0685. The number of aryl methyl sites for hydroxylation is 2. The second kappa shape index (κ2) is 10.2. The average Bonchev–Trinajstić information content (AvgIpc) is 3.18. The van der Waals surface area contributed by atoms with Crippen LogP contribution in [0.3, 0.4) is 0 Å². The molecule has 0 bridgehead atoms. The molecule has 0 aliphatic carbocycles. The zero-order chi connectivity index (χ0) is 22.5. The van der Waals surface area contributed by atoms with E-state index in [0.29, 0.717) is 18.2 Å².